The van der Waals surface area contributed by atoms with Gasteiger partial charge in [0.15, 0.2) is 0 Å². The van der Waals surface area contributed by atoms with E-state index >= 15 is 0 Å². The second kappa shape index (κ2) is 11.4. The molecule has 5 rings (SSSR count). The van der Waals surface area contributed by atoms with E-state index in [-0.39, 0.29) is 11.8 Å². The molecule has 6 nitrogen and oxygen atoms in total. The molecule has 6 heteroatoms. The van der Waals surface area contributed by atoms with Crippen LogP contribution in [0.5, 0.6) is 0 Å². The van der Waals surface area contributed by atoms with Crippen molar-refractivity contribution < 1.29 is 9.59 Å². The monoisotopic (exact) mass is 502 g/mol. The minimum Gasteiger partial charge on any atom is -0.339 e. The quantitative estimate of drug-likeness (QED) is 0.536. The molecule has 1 N–H and O–H groups in total. The number of anilines is 1. The van der Waals surface area contributed by atoms with Crippen LogP contribution in [0.4, 0.5) is 5.69 Å². The molecule has 1 aliphatic carbocycles. The Kier molecular flexibility index (Phi) is 7.96. The normalized spacial score (nSPS) is 23.8. The van der Waals surface area contributed by atoms with Gasteiger partial charge in [0, 0.05) is 49.0 Å². The van der Waals surface area contributed by atoms with Crippen LogP contribution >= 0.6 is 0 Å². The molecule has 2 amide bonds. The van der Waals surface area contributed by atoms with Gasteiger partial charge in [0.1, 0.15) is 0 Å². The summed E-state index contributed by atoms with van der Waals surface area (Å²) in [4.78, 5) is 33.4. The van der Waals surface area contributed by atoms with E-state index in [0.717, 1.165) is 31.9 Å². The summed E-state index contributed by atoms with van der Waals surface area (Å²) in [5.74, 6) is 1.16. The Morgan fingerprint density at radius 1 is 0.946 bits per heavy atom. The Bertz CT molecular complexity index is 1110. The summed E-state index contributed by atoms with van der Waals surface area (Å²) >= 11 is 0. The highest BCUT2D eigenvalue weighted by molar-refractivity contribution is 6.05. The fourth-order valence-electron chi connectivity index (χ4n) is 6.74. The fourth-order valence-corrected chi connectivity index (χ4v) is 6.74. The first-order chi connectivity index (χ1) is 18.0. The lowest BCUT2D eigenvalue weighted by atomic mass is 9.96. The van der Waals surface area contributed by atoms with Crippen LogP contribution in [0.2, 0.25) is 0 Å². The number of hydrogen-bond donors (Lipinski definition) is 1. The first-order valence-electron chi connectivity index (χ1n) is 14.3. The molecule has 2 fully saturated rings. The zero-order valence-corrected chi connectivity index (χ0v) is 22.7. The number of nitrogens with one attached hydrogen (secondary N) is 1. The minimum atomic E-state index is -0.148. The first kappa shape index (κ1) is 25.9. The molecule has 2 aliphatic heterocycles. The average molecular weight is 503 g/mol. The van der Waals surface area contributed by atoms with E-state index in [0.29, 0.717) is 35.5 Å². The lowest BCUT2D eigenvalue weighted by Gasteiger charge is -2.35. The summed E-state index contributed by atoms with van der Waals surface area (Å²) in [6.07, 6.45) is 5.05. The van der Waals surface area contributed by atoms with Crippen LogP contribution in [0.3, 0.4) is 0 Å². The summed E-state index contributed by atoms with van der Waals surface area (Å²) < 4.78 is 0. The van der Waals surface area contributed by atoms with Crippen molar-refractivity contribution in [3.63, 3.8) is 0 Å². The van der Waals surface area contributed by atoms with E-state index in [2.05, 4.69) is 48.0 Å². The van der Waals surface area contributed by atoms with E-state index in [4.69, 9.17) is 0 Å². The molecule has 2 aromatic carbocycles. The van der Waals surface area contributed by atoms with Gasteiger partial charge in [-0.25, -0.2) is 0 Å². The van der Waals surface area contributed by atoms with Crippen molar-refractivity contribution in [1.29, 1.82) is 0 Å². The smallest absolute Gasteiger partial charge is 0.255 e. The largest absolute Gasteiger partial charge is 0.339 e. The van der Waals surface area contributed by atoms with Crippen LogP contribution in [0.1, 0.15) is 78.3 Å². The van der Waals surface area contributed by atoms with Crippen molar-refractivity contribution in [3.8, 4) is 0 Å². The predicted octanol–water partition coefficient (Wildman–Crippen LogP) is 5.25. The highest BCUT2D eigenvalue weighted by atomic mass is 16.2. The lowest BCUT2D eigenvalue weighted by Crippen LogP contribution is -2.45. The third-order valence-corrected chi connectivity index (χ3v) is 8.84. The van der Waals surface area contributed by atoms with Crippen LogP contribution in [0.25, 0.3) is 0 Å². The SMILES string of the molecule is CCN1Cc2ccc(NC(=O)c3ccc(C(=O)N(CC)CC4CCC(C)C4N4CCCC4)cc3)cc2C1. The number of fused-ring (bicyclic) bond motifs is 1. The Morgan fingerprint density at radius 2 is 1.65 bits per heavy atom. The molecule has 0 bridgehead atoms. The van der Waals surface area contributed by atoms with Gasteiger partial charge in [-0.15, -0.1) is 0 Å². The number of carbonyl (C=O) groups is 2. The fraction of sp³-hybridized carbons (Fsp3) is 0.548. The molecule has 2 aromatic rings. The van der Waals surface area contributed by atoms with Gasteiger partial charge in [-0.1, -0.05) is 19.9 Å². The summed E-state index contributed by atoms with van der Waals surface area (Å²) in [6, 6.07) is 13.9. The third kappa shape index (κ3) is 5.60. The van der Waals surface area contributed by atoms with Gasteiger partial charge in [0.25, 0.3) is 11.8 Å². The van der Waals surface area contributed by atoms with E-state index < -0.39 is 0 Å². The molecule has 1 saturated carbocycles. The van der Waals surface area contributed by atoms with E-state index in [9.17, 15) is 9.59 Å². The number of hydrogen-bond acceptors (Lipinski definition) is 4. The number of rotatable bonds is 8. The number of amides is 2. The maximum atomic E-state index is 13.4. The average Bonchev–Trinajstić information content (AvgIpc) is 3.66. The zero-order chi connectivity index (χ0) is 25.9. The van der Waals surface area contributed by atoms with Crippen molar-refractivity contribution >= 4 is 17.5 Å². The highest BCUT2D eigenvalue weighted by Gasteiger charge is 2.39. The second-order valence-corrected chi connectivity index (χ2v) is 11.2. The first-order valence-corrected chi connectivity index (χ1v) is 14.3. The molecule has 3 aliphatic rings. The zero-order valence-electron chi connectivity index (χ0n) is 22.7. The Balaban J connectivity index is 1.21. The van der Waals surface area contributed by atoms with Gasteiger partial charge >= 0.3 is 0 Å². The number of benzene rings is 2. The van der Waals surface area contributed by atoms with Crippen molar-refractivity contribution in [2.75, 3.05) is 38.0 Å². The van der Waals surface area contributed by atoms with Crippen molar-refractivity contribution in [2.45, 2.75) is 65.6 Å². The summed E-state index contributed by atoms with van der Waals surface area (Å²) in [6.45, 7) is 13.5. The van der Waals surface area contributed by atoms with Gasteiger partial charge in [0.2, 0.25) is 0 Å². The van der Waals surface area contributed by atoms with Crippen molar-refractivity contribution in [2.24, 2.45) is 11.8 Å². The third-order valence-electron chi connectivity index (χ3n) is 8.84. The van der Waals surface area contributed by atoms with Gasteiger partial charge < -0.3 is 10.2 Å². The molecular weight excluding hydrogens is 460 g/mol. The van der Waals surface area contributed by atoms with E-state index in [1.807, 2.05) is 11.0 Å². The Morgan fingerprint density at radius 3 is 2.35 bits per heavy atom. The number of carbonyl (C=O) groups excluding carboxylic acids is 2. The van der Waals surface area contributed by atoms with Crippen LogP contribution in [-0.2, 0) is 13.1 Å². The second-order valence-electron chi connectivity index (χ2n) is 11.2. The Labute approximate surface area is 222 Å². The van der Waals surface area contributed by atoms with Crippen LogP contribution < -0.4 is 5.32 Å². The minimum absolute atomic E-state index is 0.0632. The summed E-state index contributed by atoms with van der Waals surface area (Å²) in [5.41, 5.74) is 4.65. The van der Waals surface area contributed by atoms with E-state index in [1.165, 1.54) is 49.9 Å². The molecule has 0 spiro atoms. The molecule has 2 heterocycles. The standard InChI is InChI=1S/C31H42N4O2/c1-4-33-19-25-14-15-28(18-27(25)20-33)32-30(36)23-10-12-24(13-11-23)31(37)34(5-2)21-26-9-8-22(3)29(26)35-16-6-7-17-35/h10-15,18,22,26,29H,4-9,16-17,19-21H2,1-3H3,(H,32,36). The van der Waals surface area contributed by atoms with Crippen LogP contribution in [0, 0.1) is 11.8 Å². The molecule has 0 radical (unpaired) electrons. The molecule has 1 saturated heterocycles. The number of nitrogens with zero attached hydrogens (tertiary/aromatic N) is 3. The molecule has 3 atom stereocenters. The molecule has 3 unspecified atom stereocenters. The predicted molar refractivity (Wildman–Crippen MR) is 149 cm³/mol. The van der Waals surface area contributed by atoms with Gasteiger partial charge in [0.05, 0.1) is 0 Å². The van der Waals surface area contributed by atoms with Gasteiger partial charge in [-0.05, 0) is 112 Å². The summed E-state index contributed by atoms with van der Waals surface area (Å²) in [5, 5.41) is 3.03. The van der Waals surface area contributed by atoms with Gasteiger partial charge in [-0.2, -0.15) is 0 Å². The van der Waals surface area contributed by atoms with Crippen LogP contribution in [0.15, 0.2) is 42.5 Å². The van der Waals surface area contributed by atoms with Gasteiger partial charge in [-0.3, -0.25) is 19.4 Å². The maximum Gasteiger partial charge on any atom is 0.255 e. The van der Waals surface area contributed by atoms with Crippen molar-refractivity contribution in [1.82, 2.24) is 14.7 Å². The van der Waals surface area contributed by atoms with Crippen molar-refractivity contribution in [3.05, 3.63) is 64.7 Å². The topological polar surface area (TPSA) is 55.9 Å². The Hall–Kier alpha value is -2.70. The molecule has 198 valence electrons. The summed E-state index contributed by atoms with van der Waals surface area (Å²) in [7, 11) is 0. The molecule has 0 aromatic heterocycles. The van der Waals surface area contributed by atoms with Crippen LogP contribution in [-0.4, -0.2) is 65.3 Å². The molecular formula is C31H42N4O2. The van der Waals surface area contributed by atoms with E-state index in [1.54, 1.807) is 24.3 Å². The molecule has 37 heavy (non-hydrogen) atoms. The highest BCUT2D eigenvalue weighted by Crippen LogP contribution is 2.37. The maximum absolute atomic E-state index is 13.4. The lowest BCUT2D eigenvalue weighted by molar-refractivity contribution is 0.0688. The number of likely N-dealkylation sites (tertiary alicyclic amines) is 1.